The molecule has 0 bridgehead atoms. The third-order valence-electron chi connectivity index (χ3n) is 5.77. The molecule has 7 nitrogen and oxygen atoms in total. The minimum Gasteiger partial charge on any atom is -0.481 e. The molecule has 32 heavy (non-hydrogen) atoms. The van der Waals surface area contributed by atoms with E-state index in [0.29, 0.717) is 51.0 Å². The number of halogens is 2. The standard InChI is InChI=1S/C23H19Cl2N3O4/c1-26-17-9-13(10-20(29)30)3-4-15(17)23(7-8-32-12-23)27-22(31)19-11-14-18(28(19)2)6-5-16(24)21(14)25/h3-6,9,11H,7-8,10,12H2,2H3,(H,27,31)(H,29,30). The molecule has 9 heteroatoms. The van der Waals surface area contributed by atoms with Crippen molar-refractivity contribution in [1.82, 2.24) is 9.88 Å². The molecule has 1 aromatic heterocycles. The SMILES string of the molecule is [C-]#[N+]c1cc(CC(=O)O)ccc1C1(NC(=O)c2cc3c(Cl)c(Cl)ccc3n2C)CCOC1. The van der Waals surface area contributed by atoms with Gasteiger partial charge in [-0.15, -0.1) is 0 Å². The third kappa shape index (κ3) is 3.82. The van der Waals surface area contributed by atoms with Gasteiger partial charge in [-0.1, -0.05) is 41.4 Å². The Morgan fingerprint density at radius 2 is 2.06 bits per heavy atom. The summed E-state index contributed by atoms with van der Waals surface area (Å²) >= 11 is 12.5. The van der Waals surface area contributed by atoms with Crippen molar-refractivity contribution in [2.75, 3.05) is 13.2 Å². The third-order valence-corrected chi connectivity index (χ3v) is 6.59. The highest BCUT2D eigenvalue weighted by atomic mass is 35.5. The van der Waals surface area contributed by atoms with Crippen LogP contribution in [0.1, 0.15) is 28.0 Å². The van der Waals surface area contributed by atoms with Crippen molar-refractivity contribution in [2.45, 2.75) is 18.4 Å². The second kappa shape index (κ2) is 8.47. The van der Waals surface area contributed by atoms with Gasteiger partial charge in [0.1, 0.15) is 5.69 Å². The number of nitrogens with one attached hydrogen (secondary N) is 1. The Morgan fingerprint density at radius 3 is 2.72 bits per heavy atom. The van der Waals surface area contributed by atoms with E-state index in [1.807, 2.05) is 0 Å². The summed E-state index contributed by atoms with van der Waals surface area (Å²) in [4.78, 5) is 28.0. The van der Waals surface area contributed by atoms with Gasteiger partial charge in [-0.3, -0.25) is 9.59 Å². The Balaban J connectivity index is 1.73. The molecule has 3 aromatic rings. The first-order valence-electron chi connectivity index (χ1n) is 9.82. The first-order chi connectivity index (χ1) is 15.3. The zero-order valence-corrected chi connectivity index (χ0v) is 18.6. The molecular formula is C23H19Cl2N3O4. The van der Waals surface area contributed by atoms with Crippen LogP contribution in [0.25, 0.3) is 15.7 Å². The van der Waals surface area contributed by atoms with E-state index in [-0.39, 0.29) is 18.9 Å². The Hall–Kier alpha value is -3.05. The van der Waals surface area contributed by atoms with Gasteiger partial charge >= 0.3 is 5.97 Å². The number of carbonyl (C=O) groups is 2. The number of aryl methyl sites for hydroxylation is 1. The van der Waals surface area contributed by atoms with Crippen LogP contribution < -0.4 is 5.32 Å². The minimum atomic E-state index is -0.976. The van der Waals surface area contributed by atoms with Crippen molar-refractivity contribution in [3.8, 4) is 0 Å². The molecule has 2 heterocycles. The maximum Gasteiger partial charge on any atom is 0.307 e. The number of carboxylic acids is 1. The lowest BCUT2D eigenvalue weighted by Gasteiger charge is -2.31. The van der Waals surface area contributed by atoms with E-state index in [1.54, 1.807) is 48.0 Å². The summed E-state index contributed by atoms with van der Waals surface area (Å²) in [5.74, 6) is -1.32. The fourth-order valence-electron chi connectivity index (χ4n) is 4.15. The average Bonchev–Trinajstić information content (AvgIpc) is 3.36. The summed E-state index contributed by atoms with van der Waals surface area (Å²) in [5, 5.41) is 13.6. The van der Waals surface area contributed by atoms with Gasteiger partial charge in [0, 0.05) is 24.6 Å². The topological polar surface area (TPSA) is 84.9 Å². The summed E-state index contributed by atoms with van der Waals surface area (Å²) in [6.45, 7) is 8.23. The zero-order chi connectivity index (χ0) is 23.0. The first kappa shape index (κ1) is 22.2. The monoisotopic (exact) mass is 471 g/mol. The lowest BCUT2D eigenvalue weighted by molar-refractivity contribution is -0.136. The highest BCUT2D eigenvalue weighted by Gasteiger charge is 2.40. The second-order valence-corrected chi connectivity index (χ2v) is 8.54. The van der Waals surface area contributed by atoms with Crippen LogP contribution in [0.5, 0.6) is 0 Å². The molecule has 164 valence electrons. The van der Waals surface area contributed by atoms with E-state index in [1.165, 1.54) is 0 Å². The molecule has 4 rings (SSSR count). The van der Waals surface area contributed by atoms with Gasteiger partial charge < -0.3 is 19.7 Å². The predicted octanol–water partition coefficient (Wildman–Crippen LogP) is 4.71. The van der Waals surface area contributed by atoms with Gasteiger partial charge in [0.05, 0.1) is 35.2 Å². The minimum absolute atomic E-state index is 0.183. The quantitative estimate of drug-likeness (QED) is 0.527. The van der Waals surface area contributed by atoms with Gasteiger partial charge in [-0.25, -0.2) is 4.85 Å². The van der Waals surface area contributed by atoms with Crippen LogP contribution in [0, 0.1) is 6.57 Å². The van der Waals surface area contributed by atoms with Crippen LogP contribution in [0.15, 0.2) is 36.4 Å². The number of carboxylic acid groups (broad SMARTS) is 1. The molecule has 0 aliphatic carbocycles. The number of aliphatic carboxylic acids is 1. The highest BCUT2D eigenvalue weighted by Crippen LogP contribution is 2.38. The first-order valence-corrected chi connectivity index (χ1v) is 10.6. The Morgan fingerprint density at radius 1 is 1.28 bits per heavy atom. The zero-order valence-electron chi connectivity index (χ0n) is 17.1. The predicted molar refractivity (Wildman–Crippen MR) is 122 cm³/mol. The van der Waals surface area contributed by atoms with Gasteiger partial charge in [-0.05, 0) is 35.7 Å². The van der Waals surface area contributed by atoms with E-state index < -0.39 is 11.5 Å². The van der Waals surface area contributed by atoms with Crippen LogP contribution in [0.4, 0.5) is 5.69 Å². The van der Waals surface area contributed by atoms with Crippen LogP contribution in [0.3, 0.4) is 0 Å². The van der Waals surface area contributed by atoms with Crippen LogP contribution in [-0.4, -0.2) is 34.8 Å². The van der Waals surface area contributed by atoms with Crippen LogP contribution in [0.2, 0.25) is 10.0 Å². The number of amides is 1. The van der Waals surface area contributed by atoms with E-state index in [0.717, 1.165) is 5.52 Å². The molecule has 0 spiro atoms. The molecule has 1 amide bonds. The summed E-state index contributed by atoms with van der Waals surface area (Å²) in [7, 11) is 1.77. The van der Waals surface area contributed by atoms with Crippen LogP contribution >= 0.6 is 23.2 Å². The number of carbonyl (C=O) groups excluding carboxylic acids is 1. The largest absolute Gasteiger partial charge is 0.481 e. The van der Waals surface area contributed by atoms with Crippen molar-refractivity contribution in [3.63, 3.8) is 0 Å². The number of fused-ring (bicyclic) bond motifs is 1. The number of hydrogen-bond acceptors (Lipinski definition) is 3. The van der Waals surface area contributed by atoms with Crippen molar-refractivity contribution in [1.29, 1.82) is 0 Å². The Kier molecular flexibility index (Phi) is 5.87. The van der Waals surface area contributed by atoms with Gasteiger partial charge in [0.25, 0.3) is 5.91 Å². The fourth-order valence-corrected chi connectivity index (χ4v) is 4.53. The molecule has 1 saturated heterocycles. The summed E-state index contributed by atoms with van der Waals surface area (Å²) in [6, 6.07) is 10.1. The molecule has 0 saturated carbocycles. The normalized spacial score (nSPS) is 17.9. The van der Waals surface area contributed by atoms with E-state index in [9.17, 15) is 9.59 Å². The molecule has 1 fully saturated rings. The Labute approximate surface area is 194 Å². The molecular weight excluding hydrogens is 453 g/mol. The molecule has 2 N–H and O–H groups in total. The summed E-state index contributed by atoms with van der Waals surface area (Å²) < 4.78 is 7.35. The number of benzene rings is 2. The van der Waals surface area contributed by atoms with Crippen molar-refractivity contribution < 1.29 is 19.4 Å². The average molecular weight is 472 g/mol. The number of aromatic nitrogens is 1. The summed E-state index contributed by atoms with van der Waals surface area (Å²) in [5.41, 5.74) is 1.67. The summed E-state index contributed by atoms with van der Waals surface area (Å²) in [6.07, 6.45) is 0.300. The lowest BCUT2D eigenvalue weighted by atomic mass is 9.86. The maximum atomic E-state index is 13.4. The maximum absolute atomic E-state index is 13.4. The number of nitrogens with zero attached hydrogens (tertiary/aromatic N) is 2. The number of ether oxygens (including phenoxy) is 1. The fraction of sp³-hybridized carbons (Fsp3) is 0.261. The van der Waals surface area contributed by atoms with Crippen molar-refractivity contribution in [2.24, 2.45) is 7.05 Å². The van der Waals surface area contributed by atoms with E-state index >= 15 is 0 Å². The van der Waals surface area contributed by atoms with Gasteiger partial charge in [0.15, 0.2) is 5.69 Å². The molecule has 0 radical (unpaired) electrons. The van der Waals surface area contributed by atoms with Gasteiger partial charge in [-0.2, -0.15) is 0 Å². The Bertz CT molecular complexity index is 1290. The van der Waals surface area contributed by atoms with Crippen molar-refractivity contribution >= 4 is 51.7 Å². The second-order valence-electron chi connectivity index (χ2n) is 7.76. The highest BCUT2D eigenvalue weighted by molar-refractivity contribution is 6.45. The molecule has 1 aliphatic rings. The number of rotatable bonds is 5. The molecule has 1 atom stereocenters. The van der Waals surface area contributed by atoms with Crippen molar-refractivity contribution in [3.05, 3.63) is 74.7 Å². The van der Waals surface area contributed by atoms with E-state index in [2.05, 4.69) is 10.2 Å². The van der Waals surface area contributed by atoms with Gasteiger partial charge in [0.2, 0.25) is 0 Å². The molecule has 1 unspecified atom stereocenters. The number of hydrogen-bond donors (Lipinski definition) is 2. The van der Waals surface area contributed by atoms with E-state index in [4.69, 9.17) is 39.6 Å². The molecule has 1 aliphatic heterocycles. The van der Waals surface area contributed by atoms with Crippen LogP contribution in [-0.2, 0) is 28.5 Å². The molecule has 2 aromatic carbocycles. The smallest absolute Gasteiger partial charge is 0.307 e. The lowest BCUT2D eigenvalue weighted by Crippen LogP contribution is -2.47.